The van der Waals surface area contributed by atoms with Crippen LogP contribution >= 0.6 is 11.8 Å². The molecule has 0 atom stereocenters. The molecule has 7 heteroatoms. The molecule has 0 saturated carbocycles. The van der Waals surface area contributed by atoms with E-state index < -0.39 is 0 Å². The van der Waals surface area contributed by atoms with Gasteiger partial charge in [0.1, 0.15) is 6.61 Å². The normalized spacial score (nSPS) is 10.3. The Morgan fingerprint density at radius 3 is 3.00 bits per heavy atom. The number of hydrogen-bond donors (Lipinski definition) is 0. The Hall–Kier alpha value is -0.950. The summed E-state index contributed by atoms with van der Waals surface area (Å²) in [5.41, 5.74) is 0. The largest absolute Gasteiger partial charge is 0.377 e. The first-order valence-electron chi connectivity index (χ1n) is 3.60. The predicted molar refractivity (Wildman–Crippen MR) is 46.4 cm³/mol. The van der Waals surface area contributed by atoms with E-state index >= 15 is 0 Å². The first-order chi connectivity index (χ1) is 6.24. The molecule has 0 N–H and O–H groups in total. The number of rotatable bonds is 5. The minimum Gasteiger partial charge on any atom is -0.377 e. The Kier molecular flexibility index (Phi) is 3.84. The van der Waals surface area contributed by atoms with E-state index in [9.17, 15) is 4.79 Å². The number of hydrogen-bond acceptors (Lipinski definition) is 6. The van der Waals surface area contributed by atoms with Crippen molar-refractivity contribution >= 4 is 17.5 Å². The fraction of sp³-hybridized carbons (Fsp3) is 0.667. The number of carbonyl (C=O) groups excluding carboxylic acids is 1. The van der Waals surface area contributed by atoms with Crippen LogP contribution in [0.5, 0.6) is 0 Å². The number of aryl methyl sites for hydroxylation is 1. The number of ketones is 1. The number of tetrazole rings is 1. The maximum Gasteiger partial charge on any atom is 0.209 e. The van der Waals surface area contributed by atoms with Crippen LogP contribution < -0.4 is 0 Å². The molecule has 0 unspecified atom stereocenters. The molecule has 1 heterocycles. The molecule has 0 fully saturated rings. The topological polar surface area (TPSA) is 69.9 Å². The van der Waals surface area contributed by atoms with Crippen molar-refractivity contribution in [3.05, 3.63) is 0 Å². The fourth-order valence-corrected chi connectivity index (χ4v) is 1.38. The molecule has 1 rings (SSSR count). The zero-order valence-electron chi connectivity index (χ0n) is 7.43. The number of nitrogens with zero attached hydrogens (tertiary/aromatic N) is 4. The molecule has 0 bridgehead atoms. The first-order valence-corrected chi connectivity index (χ1v) is 4.58. The van der Waals surface area contributed by atoms with E-state index in [0.29, 0.717) is 10.9 Å². The minimum absolute atomic E-state index is 0.0236. The zero-order valence-corrected chi connectivity index (χ0v) is 8.24. The van der Waals surface area contributed by atoms with E-state index in [4.69, 9.17) is 0 Å². The van der Waals surface area contributed by atoms with Gasteiger partial charge in [-0.15, -0.1) is 5.10 Å². The first kappa shape index (κ1) is 10.1. The Bertz CT molecular complexity index is 288. The lowest BCUT2D eigenvalue weighted by molar-refractivity contribution is -0.120. The molecule has 0 aliphatic carbocycles. The van der Waals surface area contributed by atoms with Gasteiger partial charge < -0.3 is 4.74 Å². The Balaban J connectivity index is 2.35. The van der Waals surface area contributed by atoms with Gasteiger partial charge in [-0.05, 0) is 10.4 Å². The summed E-state index contributed by atoms with van der Waals surface area (Å²) < 4.78 is 6.20. The van der Waals surface area contributed by atoms with Gasteiger partial charge in [-0.1, -0.05) is 11.8 Å². The molecule has 0 amide bonds. The molecule has 72 valence electrons. The van der Waals surface area contributed by atoms with Crippen molar-refractivity contribution in [2.75, 3.05) is 19.5 Å². The third-order valence-corrected chi connectivity index (χ3v) is 2.32. The zero-order chi connectivity index (χ0) is 9.68. The minimum atomic E-state index is 0.0236. The maximum absolute atomic E-state index is 11.0. The summed E-state index contributed by atoms with van der Waals surface area (Å²) in [6.07, 6.45) is 0. The van der Waals surface area contributed by atoms with Gasteiger partial charge in [0.2, 0.25) is 5.16 Å². The molecule has 0 spiro atoms. The van der Waals surface area contributed by atoms with Gasteiger partial charge in [0.25, 0.3) is 0 Å². The molecular formula is C6H10N4O2S. The number of carbonyl (C=O) groups is 1. The van der Waals surface area contributed by atoms with Crippen LogP contribution in [0.15, 0.2) is 5.16 Å². The van der Waals surface area contributed by atoms with Crippen LogP contribution in [0, 0.1) is 0 Å². The summed E-state index contributed by atoms with van der Waals surface area (Å²) >= 11 is 1.30. The third-order valence-electron chi connectivity index (χ3n) is 1.25. The summed E-state index contributed by atoms with van der Waals surface area (Å²) in [5.74, 6) is 0.359. The molecule has 0 saturated heterocycles. The van der Waals surface area contributed by atoms with Gasteiger partial charge in [-0.25, -0.2) is 4.68 Å². The van der Waals surface area contributed by atoms with Crippen LogP contribution in [-0.4, -0.2) is 45.5 Å². The van der Waals surface area contributed by atoms with E-state index in [-0.39, 0.29) is 12.4 Å². The van der Waals surface area contributed by atoms with Crippen LogP contribution in [0.3, 0.4) is 0 Å². The number of methoxy groups -OCH3 is 1. The van der Waals surface area contributed by atoms with E-state index in [0.717, 1.165) is 0 Å². The highest BCUT2D eigenvalue weighted by Gasteiger charge is 2.06. The average molecular weight is 202 g/mol. The van der Waals surface area contributed by atoms with E-state index in [1.807, 2.05) is 0 Å². The van der Waals surface area contributed by atoms with Crippen molar-refractivity contribution < 1.29 is 9.53 Å². The smallest absolute Gasteiger partial charge is 0.209 e. The standard InChI is InChI=1S/C6H10N4O2S/c1-10-6(7-8-9-10)13-4-5(11)3-12-2/h3-4H2,1-2H3. The number of thioether (sulfide) groups is 1. The average Bonchev–Trinajstić information content (AvgIpc) is 2.48. The number of ether oxygens (including phenoxy) is 1. The highest BCUT2D eigenvalue weighted by molar-refractivity contribution is 7.99. The van der Waals surface area contributed by atoms with Crippen LogP contribution in [0.25, 0.3) is 0 Å². The number of aromatic nitrogens is 4. The summed E-state index contributed by atoms with van der Waals surface area (Å²) in [7, 11) is 3.22. The highest BCUT2D eigenvalue weighted by atomic mass is 32.2. The van der Waals surface area contributed by atoms with Gasteiger partial charge >= 0.3 is 0 Å². The second-order valence-corrected chi connectivity index (χ2v) is 3.29. The van der Waals surface area contributed by atoms with Crippen LogP contribution in [-0.2, 0) is 16.6 Å². The summed E-state index contributed by atoms with van der Waals surface area (Å²) in [4.78, 5) is 11.0. The van der Waals surface area contributed by atoms with Gasteiger partial charge in [-0.2, -0.15) is 0 Å². The fourth-order valence-electron chi connectivity index (χ4n) is 0.691. The molecular weight excluding hydrogens is 192 g/mol. The summed E-state index contributed by atoms with van der Waals surface area (Å²) in [5, 5.41) is 11.4. The summed E-state index contributed by atoms with van der Waals surface area (Å²) in [6.45, 7) is 0.137. The molecule has 0 aromatic carbocycles. The van der Waals surface area contributed by atoms with Crippen molar-refractivity contribution in [1.29, 1.82) is 0 Å². The van der Waals surface area contributed by atoms with Crippen molar-refractivity contribution in [2.45, 2.75) is 5.16 Å². The Morgan fingerprint density at radius 2 is 2.46 bits per heavy atom. The van der Waals surface area contributed by atoms with E-state index in [1.54, 1.807) is 7.05 Å². The van der Waals surface area contributed by atoms with Gasteiger partial charge in [0.05, 0.1) is 5.75 Å². The molecule has 0 aliphatic heterocycles. The van der Waals surface area contributed by atoms with Crippen molar-refractivity contribution in [3.63, 3.8) is 0 Å². The molecule has 1 aromatic rings. The highest BCUT2D eigenvalue weighted by Crippen LogP contribution is 2.11. The maximum atomic E-state index is 11.0. The SMILES string of the molecule is COCC(=O)CSc1nnnn1C. The monoisotopic (exact) mass is 202 g/mol. The Morgan fingerprint density at radius 1 is 1.69 bits per heavy atom. The van der Waals surface area contributed by atoms with Crippen LogP contribution in [0.4, 0.5) is 0 Å². The molecule has 1 aromatic heterocycles. The second kappa shape index (κ2) is 4.93. The van der Waals surface area contributed by atoms with Crippen LogP contribution in [0.2, 0.25) is 0 Å². The Labute approximate surface area is 79.6 Å². The molecule has 0 aliphatic rings. The lowest BCUT2D eigenvalue weighted by Gasteiger charge is -1.97. The number of Topliss-reactive ketones (excluding diaryl/α,β-unsaturated/α-hetero) is 1. The lowest BCUT2D eigenvalue weighted by atomic mass is 10.5. The van der Waals surface area contributed by atoms with Gasteiger partial charge in [-0.3, -0.25) is 4.79 Å². The molecule has 13 heavy (non-hydrogen) atoms. The third kappa shape index (κ3) is 3.11. The van der Waals surface area contributed by atoms with Crippen molar-refractivity contribution in [3.8, 4) is 0 Å². The van der Waals surface area contributed by atoms with Gasteiger partial charge in [0.15, 0.2) is 5.78 Å². The van der Waals surface area contributed by atoms with Crippen LogP contribution in [0.1, 0.15) is 0 Å². The van der Waals surface area contributed by atoms with Gasteiger partial charge in [0, 0.05) is 14.2 Å². The van der Waals surface area contributed by atoms with E-state index in [2.05, 4.69) is 20.3 Å². The lowest BCUT2D eigenvalue weighted by Crippen LogP contribution is -2.09. The van der Waals surface area contributed by atoms with E-state index in [1.165, 1.54) is 23.6 Å². The summed E-state index contributed by atoms with van der Waals surface area (Å²) in [6, 6.07) is 0. The second-order valence-electron chi connectivity index (χ2n) is 2.35. The quantitative estimate of drug-likeness (QED) is 0.600. The van der Waals surface area contributed by atoms with Crippen molar-refractivity contribution in [2.24, 2.45) is 7.05 Å². The predicted octanol–water partition coefficient (Wildman–Crippen LogP) is -0.482. The van der Waals surface area contributed by atoms with Crippen molar-refractivity contribution in [1.82, 2.24) is 20.2 Å². The molecule has 0 radical (unpaired) electrons. The molecule has 6 nitrogen and oxygen atoms in total.